The number of nitrogens with one attached hydrogen (secondary N) is 2. The van der Waals surface area contributed by atoms with Crippen LogP contribution < -0.4 is 10.0 Å². The Labute approximate surface area is 225 Å². The van der Waals surface area contributed by atoms with Crippen molar-refractivity contribution < 1.29 is 26.7 Å². The largest absolute Gasteiger partial charge is 0.511 e. The van der Waals surface area contributed by atoms with Crippen LogP contribution in [0.25, 0.3) is 0 Å². The zero-order chi connectivity index (χ0) is 27.0. The molecule has 2 bridgehead atoms. The van der Waals surface area contributed by atoms with Crippen LogP contribution in [0.15, 0.2) is 63.1 Å². The molecule has 10 nitrogen and oxygen atoms in total. The minimum Gasteiger partial charge on any atom is -0.511 e. The zero-order valence-electron chi connectivity index (χ0n) is 20.3. The van der Waals surface area contributed by atoms with Gasteiger partial charge in [0.05, 0.1) is 11.9 Å². The number of fused-ring (bicyclic) bond motifs is 6. The van der Waals surface area contributed by atoms with Crippen LogP contribution in [0.1, 0.15) is 24.8 Å². The van der Waals surface area contributed by atoms with Crippen molar-refractivity contribution in [2.45, 2.75) is 36.7 Å². The molecule has 13 heteroatoms. The molecule has 3 N–H and O–H groups in total. The molecule has 38 heavy (non-hydrogen) atoms. The lowest BCUT2D eigenvalue weighted by molar-refractivity contribution is -0.134. The molecule has 0 radical (unpaired) electrons. The van der Waals surface area contributed by atoms with E-state index in [2.05, 4.69) is 14.4 Å². The number of amidine groups is 1. The van der Waals surface area contributed by atoms with Crippen LogP contribution in [0.5, 0.6) is 0 Å². The van der Waals surface area contributed by atoms with Gasteiger partial charge >= 0.3 is 0 Å². The lowest BCUT2D eigenvalue weighted by atomic mass is 9.77. The molecule has 2 aliphatic carbocycles. The van der Waals surface area contributed by atoms with Gasteiger partial charge in [-0.3, -0.25) is 9.52 Å². The first kappa shape index (κ1) is 25.2. The number of amides is 1. The van der Waals surface area contributed by atoms with Crippen molar-refractivity contribution >= 4 is 54.8 Å². The van der Waals surface area contributed by atoms with Gasteiger partial charge in [0.25, 0.3) is 15.9 Å². The molecule has 0 saturated heterocycles. The second kappa shape index (κ2) is 8.72. The Bertz CT molecular complexity index is 1640. The molecular formula is C25H25ClN4O6S2. The predicted octanol–water partition coefficient (Wildman–Crippen LogP) is 3.49. The molecule has 2 aliphatic heterocycles. The fourth-order valence-electron chi connectivity index (χ4n) is 6.38. The van der Waals surface area contributed by atoms with E-state index in [-0.39, 0.29) is 63.8 Å². The normalized spacial score (nSPS) is 27.5. The third-order valence-corrected chi connectivity index (χ3v) is 9.98. The second-order valence-corrected chi connectivity index (χ2v) is 14.1. The van der Waals surface area contributed by atoms with Crippen molar-refractivity contribution in [3.8, 4) is 0 Å². The predicted molar refractivity (Wildman–Crippen MR) is 143 cm³/mol. The fraction of sp³-hybridized carbons (Fsp3) is 0.360. The number of rotatable bonds is 5. The van der Waals surface area contributed by atoms with Gasteiger partial charge in [-0.25, -0.2) is 8.42 Å². The van der Waals surface area contributed by atoms with E-state index in [0.29, 0.717) is 5.02 Å². The molecular weight excluding hydrogens is 552 g/mol. The standard InChI is InChI=1S/C25H25ClN4O6S2/c1-37(33,34)28-17-8-9-18-19(11-17)38(35,36)29-24(27-18)21-23(31)20-14-4-5-15(10-14)22(20)30(25(21)32)12-13-2-6-16(26)7-3-13/h2-3,6-9,11,14-15,20,22,28,31H,4-5,10,12H2,1H3,(H,27,29)/t14-,15+,20+,22-/m0/s1. The highest BCUT2D eigenvalue weighted by Crippen LogP contribution is 2.55. The minimum absolute atomic E-state index is 0.0602. The number of anilines is 2. The van der Waals surface area contributed by atoms with E-state index in [1.807, 2.05) is 12.1 Å². The molecule has 2 heterocycles. The van der Waals surface area contributed by atoms with Gasteiger partial charge in [0, 0.05) is 29.2 Å². The average molecular weight is 577 g/mol. The van der Waals surface area contributed by atoms with Crippen LogP contribution in [0, 0.1) is 17.8 Å². The van der Waals surface area contributed by atoms with Crippen LogP contribution in [0.2, 0.25) is 5.02 Å². The van der Waals surface area contributed by atoms with Gasteiger partial charge in [0.2, 0.25) is 10.0 Å². The number of carbonyl (C=O) groups excluding carboxylic acids is 1. The summed E-state index contributed by atoms with van der Waals surface area (Å²) in [5, 5.41) is 14.9. The van der Waals surface area contributed by atoms with E-state index >= 15 is 0 Å². The van der Waals surface area contributed by atoms with Crippen LogP contribution in [-0.4, -0.2) is 50.9 Å². The molecule has 6 rings (SSSR count). The number of sulfonamides is 2. The van der Waals surface area contributed by atoms with Gasteiger partial charge in [0.1, 0.15) is 16.2 Å². The number of aliphatic hydroxyl groups is 1. The number of benzene rings is 2. The summed E-state index contributed by atoms with van der Waals surface area (Å²) in [6.07, 6.45) is 3.76. The maximum Gasteiger partial charge on any atom is 0.286 e. The Morgan fingerprint density at radius 2 is 1.87 bits per heavy atom. The second-order valence-electron chi connectivity index (χ2n) is 10.3. The average Bonchev–Trinajstić information content (AvgIpc) is 3.45. The molecule has 4 aliphatic rings. The Kier molecular flexibility index (Phi) is 5.78. The van der Waals surface area contributed by atoms with Crippen molar-refractivity contribution in [3.63, 3.8) is 0 Å². The molecule has 0 aromatic heterocycles. The van der Waals surface area contributed by atoms with Gasteiger partial charge in [-0.2, -0.15) is 8.42 Å². The monoisotopic (exact) mass is 576 g/mol. The number of nitrogens with zero attached hydrogens (tertiary/aromatic N) is 2. The molecule has 1 amide bonds. The van der Waals surface area contributed by atoms with Gasteiger partial charge in [-0.15, -0.1) is 4.40 Å². The molecule has 200 valence electrons. The van der Waals surface area contributed by atoms with E-state index in [9.17, 15) is 26.7 Å². The van der Waals surface area contributed by atoms with Crippen LogP contribution in [-0.2, 0) is 31.4 Å². The number of aliphatic hydroxyl groups excluding tert-OH is 1. The van der Waals surface area contributed by atoms with Gasteiger partial charge < -0.3 is 15.3 Å². The van der Waals surface area contributed by atoms with Crippen LogP contribution in [0.4, 0.5) is 11.4 Å². The maximum absolute atomic E-state index is 13.9. The molecule has 2 fully saturated rings. The molecule has 4 atom stereocenters. The van der Waals surface area contributed by atoms with Gasteiger partial charge in [-0.1, -0.05) is 23.7 Å². The first-order chi connectivity index (χ1) is 17.9. The SMILES string of the molecule is CS(=O)(=O)Nc1ccc2c(c1)S(=O)(=O)N=C(C1=C(O)[C@@H]3[C@H]4CC[C@H](C4)[C@@H]3N(Cc3ccc(Cl)cc3)C1=O)N2. The van der Waals surface area contributed by atoms with Gasteiger partial charge in [-0.05, 0) is 67.0 Å². The third-order valence-electron chi connectivity index (χ3n) is 7.81. The number of hydrogen-bond acceptors (Lipinski definition) is 7. The zero-order valence-corrected chi connectivity index (χ0v) is 22.6. The van der Waals surface area contributed by atoms with E-state index in [1.165, 1.54) is 12.1 Å². The number of halogens is 1. The number of carbonyl (C=O) groups is 1. The van der Waals surface area contributed by atoms with E-state index in [0.717, 1.165) is 37.1 Å². The highest BCUT2D eigenvalue weighted by molar-refractivity contribution is 7.92. The lowest BCUT2D eigenvalue weighted by Crippen LogP contribution is -2.53. The van der Waals surface area contributed by atoms with E-state index in [4.69, 9.17) is 11.6 Å². The van der Waals surface area contributed by atoms with Gasteiger partial charge in [0.15, 0.2) is 5.84 Å². The third kappa shape index (κ3) is 4.24. The highest BCUT2D eigenvalue weighted by atomic mass is 35.5. The van der Waals surface area contributed by atoms with Crippen molar-refractivity contribution in [2.75, 3.05) is 16.3 Å². The highest BCUT2D eigenvalue weighted by Gasteiger charge is 2.57. The first-order valence-electron chi connectivity index (χ1n) is 12.1. The summed E-state index contributed by atoms with van der Waals surface area (Å²) in [6, 6.07) is 11.0. The summed E-state index contributed by atoms with van der Waals surface area (Å²) < 4.78 is 55.6. The smallest absolute Gasteiger partial charge is 0.286 e. The Morgan fingerprint density at radius 1 is 1.16 bits per heavy atom. The van der Waals surface area contributed by atoms with Crippen molar-refractivity contribution in [1.29, 1.82) is 0 Å². The van der Waals surface area contributed by atoms with Crippen LogP contribution >= 0.6 is 11.6 Å². The molecule has 2 aromatic carbocycles. The van der Waals surface area contributed by atoms with Crippen molar-refractivity contribution in [2.24, 2.45) is 22.2 Å². The fourth-order valence-corrected chi connectivity index (χ4v) is 8.21. The Balaban J connectivity index is 1.41. The van der Waals surface area contributed by atoms with Crippen LogP contribution in [0.3, 0.4) is 0 Å². The van der Waals surface area contributed by atoms with E-state index in [1.54, 1.807) is 17.0 Å². The summed E-state index contributed by atoms with van der Waals surface area (Å²) in [5.74, 6) is -0.712. The summed E-state index contributed by atoms with van der Waals surface area (Å²) in [6.45, 7) is 0.286. The minimum atomic E-state index is -4.32. The summed E-state index contributed by atoms with van der Waals surface area (Å²) >= 11 is 6.04. The quantitative estimate of drug-likeness (QED) is 0.494. The molecule has 2 saturated carbocycles. The van der Waals surface area contributed by atoms with E-state index < -0.39 is 26.0 Å². The Hall–Kier alpha value is -3.09. The lowest BCUT2D eigenvalue weighted by Gasteiger charge is -2.44. The van der Waals surface area contributed by atoms with Crippen molar-refractivity contribution in [1.82, 2.24) is 4.90 Å². The van der Waals surface area contributed by atoms with Crippen molar-refractivity contribution in [3.05, 3.63) is 64.4 Å². The summed E-state index contributed by atoms with van der Waals surface area (Å²) in [7, 11) is -7.95. The maximum atomic E-state index is 13.9. The summed E-state index contributed by atoms with van der Waals surface area (Å²) in [5.41, 5.74) is 0.902. The topological polar surface area (TPSA) is 145 Å². The molecule has 2 aromatic rings. The number of hydrogen-bond donors (Lipinski definition) is 3. The Morgan fingerprint density at radius 3 is 2.58 bits per heavy atom. The summed E-state index contributed by atoms with van der Waals surface area (Å²) in [4.78, 5) is 15.4. The first-order valence-corrected chi connectivity index (χ1v) is 15.8. The molecule has 0 unspecified atom stereocenters. The molecule has 0 spiro atoms.